The number of amides is 1. The summed E-state index contributed by atoms with van der Waals surface area (Å²) >= 11 is 3.48. The van der Waals surface area contributed by atoms with Crippen molar-refractivity contribution in [1.29, 1.82) is 0 Å². The highest BCUT2D eigenvalue weighted by Crippen LogP contribution is 2.23. The van der Waals surface area contributed by atoms with E-state index >= 15 is 0 Å². The van der Waals surface area contributed by atoms with E-state index in [4.69, 9.17) is 4.74 Å². The van der Waals surface area contributed by atoms with Gasteiger partial charge in [-0.3, -0.25) is 14.6 Å². The number of carbonyl (C=O) groups is 1. The van der Waals surface area contributed by atoms with E-state index in [-0.39, 0.29) is 18.1 Å². The van der Waals surface area contributed by atoms with Crippen molar-refractivity contribution in [3.8, 4) is 0 Å². The highest BCUT2D eigenvalue weighted by molar-refractivity contribution is 9.10. The Bertz CT molecular complexity index is 588. The Labute approximate surface area is 158 Å². The van der Waals surface area contributed by atoms with Crippen molar-refractivity contribution in [2.24, 2.45) is 0 Å². The minimum absolute atomic E-state index is 0.0579. The molecule has 138 valence electrons. The predicted molar refractivity (Wildman–Crippen MR) is 104 cm³/mol. The second kappa shape index (κ2) is 8.62. The number of nitrogens with zero attached hydrogens (tertiary/aromatic N) is 2. The van der Waals surface area contributed by atoms with E-state index in [1.165, 1.54) is 12.8 Å². The summed E-state index contributed by atoms with van der Waals surface area (Å²) < 4.78 is 6.74. The van der Waals surface area contributed by atoms with Crippen LogP contribution in [-0.2, 0) is 9.53 Å². The summed E-state index contributed by atoms with van der Waals surface area (Å²) in [6.45, 7) is 8.74. The summed E-state index contributed by atoms with van der Waals surface area (Å²) in [6, 6.07) is 8.19. The van der Waals surface area contributed by atoms with Gasteiger partial charge in [0.2, 0.25) is 5.91 Å². The average Bonchev–Trinajstić information content (AvgIpc) is 2.95. The van der Waals surface area contributed by atoms with Crippen molar-refractivity contribution in [1.82, 2.24) is 9.80 Å². The van der Waals surface area contributed by atoms with Gasteiger partial charge in [-0.2, -0.15) is 0 Å². The normalized spacial score (nSPS) is 28.2. The molecule has 0 aromatic heterocycles. The molecule has 3 atom stereocenters. The highest BCUT2D eigenvalue weighted by atomic mass is 79.9. The molecule has 5 nitrogen and oxygen atoms in total. The number of hydrogen-bond acceptors (Lipinski definition) is 4. The molecule has 2 aliphatic heterocycles. The zero-order valence-corrected chi connectivity index (χ0v) is 16.7. The number of hydrogen-bond donors (Lipinski definition) is 1. The first kappa shape index (κ1) is 18.8. The van der Waals surface area contributed by atoms with Crippen molar-refractivity contribution in [2.75, 3.05) is 38.0 Å². The lowest BCUT2D eigenvalue weighted by Gasteiger charge is -2.38. The SMILES string of the molecule is CC1CN(CC2CCCN2CC(=O)Nc2ccccc2Br)CC(C)O1. The number of nitrogens with one attached hydrogen (secondary N) is 1. The van der Waals surface area contributed by atoms with Gasteiger partial charge in [-0.05, 0) is 61.3 Å². The molecular weight excluding hydrogens is 382 g/mol. The second-order valence-electron chi connectivity index (χ2n) is 7.27. The first-order valence-electron chi connectivity index (χ1n) is 9.17. The van der Waals surface area contributed by atoms with Crippen LogP contribution in [0.25, 0.3) is 0 Å². The van der Waals surface area contributed by atoms with Gasteiger partial charge in [0.25, 0.3) is 0 Å². The Balaban J connectivity index is 1.53. The summed E-state index contributed by atoms with van der Waals surface area (Å²) in [5.41, 5.74) is 0.832. The third-order valence-electron chi connectivity index (χ3n) is 4.96. The van der Waals surface area contributed by atoms with Crippen LogP contribution < -0.4 is 5.32 Å². The predicted octanol–water partition coefficient (Wildman–Crippen LogP) is 2.96. The first-order chi connectivity index (χ1) is 12.0. The van der Waals surface area contributed by atoms with Crippen molar-refractivity contribution in [3.05, 3.63) is 28.7 Å². The van der Waals surface area contributed by atoms with E-state index in [2.05, 4.69) is 44.9 Å². The van der Waals surface area contributed by atoms with Crippen LogP contribution in [-0.4, -0.2) is 66.7 Å². The molecule has 2 aliphatic rings. The number of anilines is 1. The average molecular weight is 410 g/mol. The molecule has 0 aliphatic carbocycles. The standard InChI is InChI=1S/C19H28BrN3O2/c1-14-10-22(11-15(2)25-14)12-16-6-5-9-23(16)13-19(24)21-18-8-4-3-7-17(18)20/h3-4,7-8,14-16H,5-6,9-13H2,1-2H3,(H,21,24). The van der Waals surface area contributed by atoms with Gasteiger partial charge in [0.05, 0.1) is 24.4 Å². The quantitative estimate of drug-likeness (QED) is 0.811. The molecule has 1 aromatic carbocycles. The largest absolute Gasteiger partial charge is 0.373 e. The maximum Gasteiger partial charge on any atom is 0.238 e. The Morgan fingerprint density at radius 2 is 2.00 bits per heavy atom. The fraction of sp³-hybridized carbons (Fsp3) is 0.632. The van der Waals surface area contributed by atoms with Crippen molar-refractivity contribution in [2.45, 2.75) is 44.9 Å². The third-order valence-corrected chi connectivity index (χ3v) is 5.65. The number of rotatable bonds is 5. The maximum atomic E-state index is 12.5. The second-order valence-corrected chi connectivity index (χ2v) is 8.12. The Kier molecular flexibility index (Phi) is 6.49. The molecule has 2 fully saturated rings. The number of ether oxygens (including phenoxy) is 1. The van der Waals surface area contributed by atoms with Gasteiger partial charge in [-0.1, -0.05) is 12.1 Å². The Morgan fingerprint density at radius 3 is 2.72 bits per heavy atom. The van der Waals surface area contributed by atoms with Crippen LogP contribution in [0.15, 0.2) is 28.7 Å². The van der Waals surface area contributed by atoms with Crippen molar-refractivity contribution in [3.63, 3.8) is 0 Å². The van der Waals surface area contributed by atoms with E-state index in [1.807, 2.05) is 24.3 Å². The molecule has 1 N–H and O–H groups in total. The minimum Gasteiger partial charge on any atom is -0.373 e. The zero-order chi connectivity index (χ0) is 17.8. The molecule has 0 bridgehead atoms. The molecule has 0 saturated carbocycles. The molecule has 1 amide bonds. The van der Waals surface area contributed by atoms with E-state index in [9.17, 15) is 4.79 Å². The number of halogens is 1. The zero-order valence-electron chi connectivity index (χ0n) is 15.1. The van der Waals surface area contributed by atoms with Crippen molar-refractivity contribution >= 4 is 27.5 Å². The maximum absolute atomic E-state index is 12.5. The van der Waals surface area contributed by atoms with E-state index in [0.29, 0.717) is 12.6 Å². The molecule has 1 aromatic rings. The van der Waals surface area contributed by atoms with Crippen molar-refractivity contribution < 1.29 is 9.53 Å². The first-order valence-corrected chi connectivity index (χ1v) is 9.97. The molecule has 3 unspecified atom stereocenters. The smallest absolute Gasteiger partial charge is 0.238 e. The monoisotopic (exact) mass is 409 g/mol. The van der Waals surface area contributed by atoms with E-state index in [0.717, 1.165) is 36.3 Å². The molecule has 2 heterocycles. The highest BCUT2D eigenvalue weighted by Gasteiger charge is 2.30. The summed E-state index contributed by atoms with van der Waals surface area (Å²) in [6.07, 6.45) is 2.92. The molecule has 25 heavy (non-hydrogen) atoms. The number of likely N-dealkylation sites (tertiary alicyclic amines) is 1. The summed E-state index contributed by atoms with van der Waals surface area (Å²) in [7, 11) is 0. The van der Waals surface area contributed by atoms with Gasteiger partial charge in [-0.25, -0.2) is 0 Å². The number of carbonyl (C=O) groups excluding carboxylic acids is 1. The van der Waals surface area contributed by atoms with Crippen LogP contribution in [0.2, 0.25) is 0 Å². The summed E-state index contributed by atoms with van der Waals surface area (Å²) in [5, 5.41) is 3.01. The summed E-state index contributed by atoms with van der Waals surface area (Å²) in [5.74, 6) is 0.0579. The lowest BCUT2D eigenvalue weighted by atomic mass is 10.1. The van der Waals surface area contributed by atoms with Gasteiger partial charge in [0.15, 0.2) is 0 Å². The van der Waals surface area contributed by atoms with Gasteiger partial charge >= 0.3 is 0 Å². The van der Waals surface area contributed by atoms with Crippen LogP contribution in [0, 0.1) is 0 Å². The molecule has 6 heteroatoms. The number of morpholine rings is 1. The Hall–Kier alpha value is -0.950. The molecule has 0 radical (unpaired) electrons. The fourth-order valence-electron chi connectivity index (χ4n) is 3.98. The topological polar surface area (TPSA) is 44.8 Å². The number of para-hydroxylation sites is 1. The molecular formula is C19H28BrN3O2. The van der Waals surface area contributed by atoms with Crippen LogP contribution >= 0.6 is 15.9 Å². The van der Waals surface area contributed by atoms with Gasteiger partial charge < -0.3 is 10.1 Å². The fourth-order valence-corrected chi connectivity index (χ4v) is 4.36. The van der Waals surface area contributed by atoms with Gasteiger partial charge in [0, 0.05) is 30.1 Å². The van der Waals surface area contributed by atoms with Crippen LogP contribution in [0.4, 0.5) is 5.69 Å². The van der Waals surface area contributed by atoms with E-state index in [1.54, 1.807) is 0 Å². The van der Waals surface area contributed by atoms with Gasteiger partial charge in [0.1, 0.15) is 0 Å². The van der Waals surface area contributed by atoms with Gasteiger partial charge in [-0.15, -0.1) is 0 Å². The van der Waals surface area contributed by atoms with Crippen LogP contribution in [0.1, 0.15) is 26.7 Å². The molecule has 3 rings (SSSR count). The lowest BCUT2D eigenvalue weighted by molar-refractivity contribution is -0.117. The lowest BCUT2D eigenvalue weighted by Crippen LogP contribution is -2.50. The third kappa shape index (κ3) is 5.26. The van der Waals surface area contributed by atoms with Crippen LogP contribution in [0.3, 0.4) is 0 Å². The molecule has 0 spiro atoms. The molecule has 2 saturated heterocycles. The van der Waals surface area contributed by atoms with E-state index < -0.39 is 0 Å². The minimum atomic E-state index is 0.0579. The summed E-state index contributed by atoms with van der Waals surface area (Å²) in [4.78, 5) is 17.3. The number of benzene rings is 1. The van der Waals surface area contributed by atoms with Crippen LogP contribution in [0.5, 0.6) is 0 Å². The Morgan fingerprint density at radius 1 is 1.28 bits per heavy atom.